The lowest BCUT2D eigenvalue weighted by Crippen LogP contribution is -2.48. The Morgan fingerprint density at radius 1 is 1.22 bits per heavy atom. The van der Waals surface area contributed by atoms with E-state index < -0.39 is 0 Å². The molecule has 0 saturated heterocycles. The number of para-hydroxylation sites is 1. The molecule has 1 atom stereocenters. The van der Waals surface area contributed by atoms with Crippen LogP contribution in [0, 0.1) is 0 Å². The number of nitrogens with zero attached hydrogens (tertiary/aromatic N) is 2. The molecule has 1 rings (SSSR count). The highest BCUT2D eigenvalue weighted by Gasteiger charge is 2.24. The van der Waals surface area contributed by atoms with Crippen molar-refractivity contribution >= 4 is 6.09 Å². The Morgan fingerprint density at radius 3 is 2.28 bits per heavy atom. The average Bonchev–Trinajstić information content (AvgIpc) is 2.36. The van der Waals surface area contributed by atoms with Crippen molar-refractivity contribution in [3.8, 4) is 5.75 Å². The molecule has 0 aliphatic rings. The van der Waals surface area contributed by atoms with E-state index in [2.05, 4.69) is 6.92 Å². The van der Waals surface area contributed by atoms with E-state index in [0.29, 0.717) is 12.3 Å². The molecule has 0 aromatic heterocycles. The second kappa shape index (κ2) is 7.01. The quantitative estimate of drug-likeness (QED) is 0.753. The van der Waals surface area contributed by atoms with Gasteiger partial charge in [0, 0.05) is 6.54 Å². The van der Waals surface area contributed by atoms with E-state index in [0.717, 1.165) is 6.42 Å². The van der Waals surface area contributed by atoms with Gasteiger partial charge in [0.1, 0.15) is 5.75 Å². The fourth-order valence-corrected chi connectivity index (χ4v) is 1.97. The molecule has 0 saturated carbocycles. The maximum absolute atomic E-state index is 12.1. The van der Waals surface area contributed by atoms with Crippen LogP contribution in [0.4, 0.5) is 4.79 Å². The highest BCUT2D eigenvalue weighted by Crippen LogP contribution is 2.13. The molecule has 0 radical (unpaired) electrons. The second-order valence-corrected chi connectivity index (χ2v) is 4.32. The van der Waals surface area contributed by atoms with Crippen molar-refractivity contribution in [2.75, 3.05) is 20.6 Å². The lowest BCUT2D eigenvalue weighted by molar-refractivity contribution is 0.0757. The zero-order chi connectivity index (χ0) is 13.5. The standard InChI is InChI=1S/C14H22N2O2/c1-5-13(15(3)4)16(6-2)14(17)18-12-10-8-7-9-11-12/h7-11,13H,5-6H2,1-4H3/t13-/m0/s1. The molecule has 0 heterocycles. The van der Waals surface area contributed by atoms with Crippen molar-refractivity contribution in [3.63, 3.8) is 0 Å². The number of rotatable bonds is 5. The summed E-state index contributed by atoms with van der Waals surface area (Å²) in [6.45, 7) is 4.64. The highest BCUT2D eigenvalue weighted by molar-refractivity contribution is 5.70. The number of carbonyl (C=O) groups excluding carboxylic acids is 1. The summed E-state index contributed by atoms with van der Waals surface area (Å²) in [5.41, 5.74) is 0. The Bertz CT molecular complexity index is 365. The summed E-state index contributed by atoms with van der Waals surface area (Å²) in [7, 11) is 3.93. The smallest absolute Gasteiger partial charge is 0.410 e. The monoisotopic (exact) mass is 250 g/mol. The first-order valence-corrected chi connectivity index (χ1v) is 6.30. The van der Waals surface area contributed by atoms with Crippen molar-refractivity contribution in [2.45, 2.75) is 26.4 Å². The Hall–Kier alpha value is -1.55. The molecule has 1 amide bonds. The van der Waals surface area contributed by atoms with Gasteiger partial charge in [0.2, 0.25) is 0 Å². The maximum Gasteiger partial charge on any atom is 0.416 e. The zero-order valence-electron chi connectivity index (χ0n) is 11.6. The summed E-state index contributed by atoms with van der Waals surface area (Å²) in [6, 6.07) is 9.15. The summed E-state index contributed by atoms with van der Waals surface area (Å²) in [6.07, 6.45) is 0.625. The van der Waals surface area contributed by atoms with Gasteiger partial charge in [0.05, 0.1) is 6.17 Å². The predicted molar refractivity (Wildman–Crippen MR) is 72.6 cm³/mol. The summed E-state index contributed by atoms with van der Waals surface area (Å²) in [4.78, 5) is 15.9. The minimum absolute atomic E-state index is 0.0613. The Balaban J connectivity index is 2.73. The Morgan fingerprint density at radius 2 is 1.83 bits per heavy atom. The summed E-state index contributed by atoms with van der Waals surface area (Å²) < 4.78 is 5.36. The topological polar surface area (TPSA) is 32.8 Å². The number of amides is 1. The van der Waals surface area contributed by atoms with Crippen LogP contribution in [0.1, 0.15) is 20.3 Å². The number of ether oxygens (including phenoxy) is 1. The molecule has 0 N–H and O–H groups in total. The molecule has 0 fully saturated rings. The Labute approximate surface area is 109 Å². The van der Waals surface area contributed by atoms with Crippen LogP contribution in [0.25, 0.3) is 0 Å². The van der Waals surface area contributed by atoms with E-state index in [1.54, 1.807) is 17.0 Å². The fourth-order valence-electron chi connectivity index (χ4n) is 1.97. The van der Waals surface area contributed by atoms with Gasteiger partial charge in [-0.25, -0.2) is 4.79 Å². The van der Waals surface area contributed by atoms with E-state index >= 15 is 0 Å². The van der Waals surface area contributed by atoms with Gasteiger partial charge in [-0.2, -0.15) is 0 Å². The van der Waals surface area contributed by atoms with Crippen molar-refractivity contribution in [2.24, 2.45) is 0 Å². The minimum Gasteiger partial charge on any atom is -0.410 e. The van der Waals surface area contributed by atoms with Gasteiger partial charge in [-0.3, -0.25) is 9.80 Å². The second-order valence-electron chi connectivity index (χ2n) is 4.32. The molecule has 0 aliphatic carbocycles. The van der Waals surface area contributed by atoms with Gasteiger partial charge in [0.15, 0.2) is 0 Å². The van der Waals surface area contributed by atoms with Crippen LogP contribution in [-0.2, 0) is 0 Å². The first-order valence-electron chi connectivity index (χ1n) is 6.30. The first-order chi connectivity index (χ1) is 8.60. The van der Waals surface area contributed by atoms with Gasteiger partial charge in [-0.1, -0.05) is 25.1 Å². The van der Waals surface area contributed by atoms with E-state index in [1.165, 1.54) is 0 Å². The molecule has 18 heavy (non-hydrogen) atoms. The third kappa shape index (κ3) is 3.74. The molecular weight excluding hydrogens is 228 g/mol. The summed E-state index contributed by atoms with van der Waals surface area (Å²) in [5.74, 6) is 0.578. The summed E-state index contributed by atoms with van der Waals surface area (Å²) in [5, 5.41) is 0. The molecule has 4 nitrogen and oxygen atoms in total. The molecule has 0 bridgehead atoms. The fraction of sp³-hybridized carbons (Fsp3) is 0.500. The Kier molecular flexibility index (Phi) is 5.65. The lowest BCUT2D eigenvalue weighted by Gasteiger charge is -2.33. The van der Waals surface area contributed by atoms with Gasteiger partial charge in [0.25, 0.3) is 0 Å². The van der Waals surface area contributed by atoms with Crippen LogP contribution in [0.2, 0.25) is 0 Å². The van der Waals surface area contributed by atoms with Crippen LogP contribution in [0.5, 0.6) is 5.75 Å². The molecule has 100 valence electrons. The van der Waals surface area contributed by atoms with Crippen LogP contribution in [-0.4, -0.2) is 42.7 Å². The zero-order valence-corrected chi connectivity index (χ0v) is 11.6. The minimum atomic E-state index is -0.302. The SMILES string of the molecule is CC[C@@H](N(C)C)N(CC)C(=O)Oc1ccccc1. The van der Waals surface area contributed by atoms with Gasteiger partial charge < -0.3 is 4.74 Å². The van der Waals surface area contributed by atoms with Crippen molar-refractivity contribution in [3.05, 3.63) is 30.3 Å². The van der Waals surface area contributed by atoms with Crippen molar-refractivity contribution < 1.29 is 9.53 Å². The van der Waals surface area contributed by atoms with Gasteiger partial charge >= 0.3 is 6.09 Å². The van der Waals surface area contributed by atoms with Crippen molar-refractivity contribution in [1.82, 2.24) is 9.80 Å². The van der Waals surface area contributed by atoms with E-state index in [4.69, 9.17) is 4.74 Å². The predicted octanol–water partition coefficient (Wildman–Crippen LogP) is 2.81. The van der Waals surface area contributed by atoms with Gasteiger partial charge in [-0.05, 0) is 39.6 Å². The normalized spacial score (nSPS) is 12.3. The van der Waals surface area contributed by atoms with Crippen LogP contribution >= 0.6 is 0 Å². The molecule has 1 aromatic carbocycles. The third-order valence-electron chi connectivity index (χ3n) is 2.84. The number of hydrogen-bond donors (Lipinski definition) is 0. The largest absolute Gasteiger partial charge is 0.416 e. The van der Waals surface area contributed by atoms with E-state index in [1.807, 2.05) is 44.1 Å². The van der Waals surface area contributed by atoms with Crippen LogP contribution in [0.3, 0.4) is 0 Å². The first kappa shape index (κ1) is 14.5. The third-order valence-corrected chi connectivity index (χ3v) is 2.84. The van der Waals surface area contributed by atoms with Crippen molar-refractivity contribution in [1.29, 1.82) is 0 Å². The lowest BCUT2D eigenvalue weighted by atomic mass is 10.3. The number of carbonyl (C=O) groups is 1. The van der Waals surface area contributed by atoms with Gasteiger partial charge in [-0.15, -0.1) is 0 Å². The highest BCUT2D eigenvalue weighted by atomic mass is 16.6. The van der Waals surface area contributed by atoms with Crippen LogP contribution in [0.15, 0.2) is 30.3 Å². The molecule has 0 spiro atoms. The molecule has 0 unspecified atom stereocenters. The van der Waals surface area contributed by atoms with Crippen LogP contribution < -0.4 is 4.74 Å². The molecule has 1 aromatic rings. The molecular formula is C14H22N2O2. The summed E-state index contributed by atoms with van der Waals surface area (Å²) >= 11 is 0. The number of benzene rings is 1. The molecule has 0 aliphatic heterocycles. The molecule has 4 heteroatoms. The average molecular weight is 250 g/mol. The number of hydrogen-bond acceptors (Lipinski definition) is 3. The maximum atomic E-state index is 12.1. The van der Waals surface area contributed by atoms with E-state index in [9.17, 15) is 4.79 Å². The van der Waals surface area contributed by atoms with E-state index in [-0.39, 0.29) is 12.3 Å².